The molecule has 6 nitrogen and oxygen atoms in total. The highest BCUT2D eigenvalue weighted by Gasteiger charge is 2.34. The van der Waals surface area contributed by atoms with E-state index in [2.05, 4.69) is 0 Å². The zero-order valence-electron chi connectivity index (χ0n) is 12.1. The van der Waals surface area contributed by atoms with Crippen LogP contribution in [0.4, 0.5) is 18.9 Å². The molecule has 0 aromatic heterocycles. The van der Waals surface area contributed by atoms with Gasteiger partial charge in [-0.05, 0) is 26.0 Å². The average Bonchev–Trinajstić information content (AvgIpc) is 2.45. The second-order valence-electron chi connectivity index (χ2n) is 4.36. The van der Waals surface area contributed by atoms with E-state index in [0.717, 1.165) is 13.2 Å². The standard InChI is InChI=1S/C14H12F3NO5/c1-3-23-7-11(8(2)19)13(20)10-5-4-9(14(15,16)17)6-12(10)18(21)22/h4-7H,3H2,1-2H3. The monoisotopic (exact) mass is 331 g/mol. The molecule has 0 aliphatic carbocycles. The quantitative estimate of drug-likeness (QED) is 0.152. The molecule has 0 spiro atoms. The molecular formula is C14H12F3NO5. The molecule has 0 saturated carbocycles. The maximum atomic E-state index is 12.6. The smallest absolute Gasteiger partial charge is 0.416 e. The normalized spacial score (nSPS) is 12.0. The predicted octanol–water partition coefficient (Wildman–Crippen LogP) is 3.31. The van der Waals surface area contributed by atoms with Gasteiger partial charge in [0, 0.05) is 6.07 Å². The number of benzene rings is 1. The lowest BCUT2D eigenvalue weighted by atomic mass is 9.98. The maximum Gasteiger partial charge on any atom is 0.416 e. The first-order valence-corrected chi connectivity index (χ1v) is 6.32. The van der Waals surface area contributed by atoms with E-state index in [0.29, 0.717) is 12.1 Å². The van der Waals surface area contributed by atoms with Crippen LogP contribution < -0.4 is 0 Å². The fourth-order valence-electron chi connectivity index (χ4n) is 1.66. The number of rotatable bonds is 6. The fourth-order valence-corrected chi connectivity index (χ4v) is 1.66. The molecule has 9 heteroatoms. The third-order valence-electron chi connectivity index (χ3n) is 2.76. The van der Waals surface area contributed by atoms with Gasteiger partial charge in [0.05, 0.1) is 28.9 Å². The average molecular weight is 331 g/mol. The van der Waals surface area contributed by atoms with E-state index in [-0.39, 0.29) is 12.7 Å². The van der Waals surface area contributed by atoms with Gasteiger partial charge >= 0.3 is 6.18 Å². The number of nitrogens with zero attached hydrogens (tertiary/aromatic N) is 1. The van der Waals surface area contributed by atoms with Gasteiger partial charge in [0.15, 0.2) is 5.78 Å². The molecule has 0 N–H and O–H groups in total. The molecule has 1 rings (SSSR count). The third-order valence-corrected chi connectivity index (χ3v) is 2.76. The van der Waals surface area contributed by atoms with Crippen molar-refractivity contribution in [2.24, 2.45) is 0 Å². The van der Waals surface area contributed by atoms with Crippen LogP contribution in [0.25, 0.3) is 0 Å². The molecule has 0 aliphatic rings. The Hall–Kier alpha value is -2.71. The van der Waals surface area contributed by atoms with Gasteiger partial charge in [-0.25, -0.2) is 0 Å². The number of nitro benzene ring substituents is 1. The Kier molecular flexibility index (Phi) is 5.61. The summed E-state index contributed by atoms with van der Waals surface area (Å²) in [7, 11) is 0. The first-order valence-electron chi connectivity index (χ1n) is 6.32. The number of hydrogen-bond acceptors (Lipinski definition) is 5. The van der Waals surface area contributed by atoms with Gasteiger partial charge in [-0.15, -0.1) is 0 Å². The van der Waals surface area contributed by atoms with E-state index in [1.54, 1.807) is 6.92 Å². The Morgan fingerprint density at radius 2 is 1.96 bits per heavy atom. The van der Waals surface area contributed by atoms with E-state index in [4.69, 9.17) is 4.74 Å². The molecule has 0 amide bonds. The van der Waals surface area contributed by atoms with Gasteiger partial charge in [0.2, 0.25) is 5.78 Å². The summed E-state index contributed by atoms with van der Waals surface area (Å²) < 4.78 is 42.7. The van der Waals surface area contributed by atoms with E-state index in [9.17, 15) is 32.9 Å². The molecule has 0 atom stereocenters. The lowest BCUT2D eigenvalue weighted by molar-refractivity contribution is -0.385. The molecule has 1 aromatic rings. The van der Waals surface area contributed by atoms with Crippen LogP contribution in [0.15, 0.2) is 30.0 Å². The summed E-state index contributed by atoms with van der Waals surface area (Å²) in [5, 5.41) is 11.0. The number of ketones is 2. The van der Waals surface area contributed by atoms with Crippen molar-refractivity contribution in [3.63, 3.8) is 0 Å². The van der Waals surface area contributed by atoms with Gasteiger partial charge in [0.25, 0.3) is 5.69 Å². The van der Waals surface area contributed by atoms with Crippen LogP contribution >= 0.6 is 0 Å². The van der Waals surface area contributed by atoms with Crippen molar-refractivity contribution in [1.29, 1.82) is 0 Å². The molecule has 0 aliphatic heterocycles. The zero-order chi connectivity index (χ0) is 17.8. The first kappa shape index (κ1) is 18.3. The van der Waals surface area contributed by atoms with Crippen molar-refractivity contribution in [2.45, 2.75) is 20.0 Å². The maximum absolute atomic E-state index is 12.6. The highest BCUT2D eigenvalue weighted by atomic mass is 19.4. The second-order valence-corrected chi connectivity index (χ2v) is 4.36. The Bertz CT molecular complexity index is 679. The fraction of sp³-hybridized carbons (Fsp3) is 0.286. The lowest BCUT2D eigenvalue weighted by Gasteiger charge is -2.09. The number of carbonyl (C=O) groups is 2. The van der Waals surface area contributed by atoms with E-state index >= 15 is 0 Å². The highest BCUT2D eigenvalue weighted by Crippen LogP contribution is 2.33. The molecule has 1 aromatic carbocycles. The van der Waals surface area contributed by atoms with Gasteiger partial charge < -0.3 is 4.74 Å². The molecule has 0 saturated heterocycles. The van der Waals surface area contributed by atoms with Crippen LogP contribution in [-0.4, -0.2) is 23.1 Å². The number of Topliss-reactive ketones (excluding diaryl/α,β-unsaturated/α-hetero) is 2. The van der Waals surface area contributed by atoms with Crippen LogP contribution in [-0.2, 0) is 15.7 Å². The van der Waals surface area contributed by atoms with Gasteiger partial charge in [-0.2, -0.15) is 13.2 Å². The summed E-state index contributed by atoms with van der Waals surface area (Å²) >= 11 is 0. The third kappa shape index (κ3) is 4.38. The predicted molar refractivity (Wildman–Crippen MR) is 72.8 cm³/mol. The van der Waals surface area contributed by atoms with Crippen molar-refractivity contribution >= 4 is 17.3 Å². The SMILES string of the molecule is CCOC=C(C(C)=O)C(=O)c1ccc(C(F)(F)F)cc1[N+](=O)[O-]. The molecule has 0 heterocycles. The Labute approximate surface area is 128 Å². The summed E-state index contributed by atoms with van der Waals surface area (Å²) in [4.78, 5) is 33.5. The number of nitro groups is 1. The number of alkyl halides is 3. The van der Waals surface area contributed by atoms with Gasteiger partial charge in [-0.3, -0.25) is 19.7 Å². The van der Waals surface area contributed by atoms with Gasteiger partial charge in [0.1, 0.15) is 5.56 Å². The minimum absolute atomic E-state index is 0.138. The highest BCUT2D eigenvalue weighted by molar-refractivity contribution is 6.26. The topological polar surface area (TPSA) is 86.5 Å². The summed E-state index contributed by atoms with van der Waals surface area (Å²) in [6.45, 7) is 2.76. The first-order chi connectivity index (χ1) is 10.6. The van der Waals surface area contributed by atoms with Crippen LogP contribution in [0.2, 0.25) is 0 Å². The van der Waals surface area contributed by atoms with Crippen LogP contribution in [0.1, 0.15) is 29.8 Å². The minimum Gasteiger partial charge on any atom is -0.501 e. The number of ether oxygens (including phenoxy) is 1. The minimum atomic E-state index is -4.79. The molecule has 0 unspecified atom stereocenters. The summed E-state index contributed by atoms with van der Waals surface area (Å²) in [6.07, 6.45) is -3.96. The van der Waals surface area contributed by atoms with Crippen molar-refractivity contribution in [3.05, 3.63) is 51.3 Å². The number of halogens is 3. The molecule has 0 radical (unpaired) electrons. The largest absolute Gasteiger partial charge is 0.501 e. The molecule has 0 bridgehead atoms. The van der Waals surface area contributed by atoms with E-state index < -0.39 is 45.1 Å². The summed E-state index contributed by atoms with van der Waals surface area (Å²) in [5.41, 5.74) is -3.41. The Balaban J connectivity index is 3.44. The number of carbonyl (C=O) groups excluding carboxylic acids is 2. The molecular weight excluding hydrogens is 319 g/mol. The number of allylic oxidation sites excluding steroid dienone is 1. The van der Waals surface area contributed by atoms with E-state index in [1.165, 1.54) is 0 Å². The van der Waals surface area contributed by atoms with Crippen molar-refractivity contribution in [2.75, 3.05) is 6.61 Å². The van der Waals surface area contributed by atoms with Crippen molar-refractivity contribution in [3.8, 4) is 0 Å². The molecule has 0 fully saturated rings. The number of hydrogen-bond donors (Lipinski definition) is 0. The van der Waals surface area contributed by atoms with E-state index in [1.807, 2.05) is 0 Å². The summed E-state index contributed by atoms with van der Waals surface area (Å²) in [6, 6.07) is 1.47. The Morgan fingerprint density at radius 1 is 1.35 bits per heavy atom. The van der Waals surface area contributed by atoms with Crippen molar-refractivity contribution < 1.29 is 32.4 Å². The second kappa shape index (κ2) is 7.03. The van der Waals surface area contributed by atoms with Gasteiger partial charge in [-0.1, -0.05) is 0 Å². The van der Waals surface area contributed by atoms with Crippen LogP contribution in [0.5, 0.6) is 0 Å². The van der Waals surface area contributed by atoms with Crippen LogP contribution in [0, 0.1) is 10.1 Å². The van der Waals surface area contributed by atoms with Crippen LogP contribution in [0.3, 0.4) is 0 Å². The van der Waals surface area contributed by atoms with Crippen molar-refractivity contribution in [1.82, 2.24) is 0 Å². The molecule has 124 valence electrons. The summed E-state index contributed by atoms with van der Waals surface area (Å²) in [5.74, 6) is -1.80. The lowest BCUT2D eigenvalue weighted by Crippen LogP contribution is -2.14. The zero-order valence-corrected chi connectivity index (χ0v) is 12.1. The Morgan fingerprint density at radius 3 is 2.39 bits per heavy atom. The molecule has 23 heavy (non-hydrogen) atoms.